The third-order valence-corrected chi connectivity index (χ3v) is 5.27. The van der Waals surface area contributed by atoms with Crippen molar-refractivity contribution in [1.29, 1.82) is 0 Å². The number of likely N-dealkylation sites (tertiary alicyclic amines) is 1. The molecule has 0 aromatic heterocycles. The van der Waals surface area contributed by atoms with Gasteiger partial charge in [0, 0.05) is 11.6 Å². The lowest BCUT2D eigenvalue weighted by Gasteiger charge is -2.35. The predicted molar refractivity (Wildman–Crippen MR) is 111 cm³/mol. The van der Waals surface area contributed by atoms with Crippen LogP contribution in [0.25, 0.3) is 0 Å². The molecule has 2 aromatic carbocycles. The number of halogens is 3. The monoisotopic (exact) mass is 429 g/mol. The van der Waals surface area contributed by atoms with E-state index in [0.717, 1.165) is 31.5 Å². The Labute approximate surface area is 176 Å². The van der Waals surface area contributed by atoms with Crippen LogP contribution in [-0.2, 0) is 0 Å². The second kappa shape index (κ2) is 11.0. The molecule has 0 amide bonds. The molecule has 0 saturated carbocycles. The summed E-state index contributed by atoms with van der Waals surface area (Å²) in [5.41, 5.74) is 0.756. The second-order valence-electron chi connectivity index (χ2n) is 7.05. The van der Waals surface area contributed by atoms with Crippen LogP contribution >= 0.6 is 24.0 Å². The number of ether oxygens (including phenoxy) is 1. The standard InChI is InChI=1S/C21H25ClFNO3.ClH/c22-17-3-7-20(8-4-17)27-14-19(25)13-24-11-9-16(10-12-24)21(26)15-1-5-18(23)6-2-15;/h1-8,16,19,21,25-26H,9-14H2;1H. The molecule has 4 nitrogen and oxygen atoms in total. The number of hydrogen-bond acceptors (Lipinski definition) is 4. The highest BCUT2D eigenvalue weighted by molar-refractivity contribution is 6.30. The number of benzene rings is 2. The first-order valence-corrected chi connectivity index (χ1v) is 9.61. The van der Waals surface area contributed by atoms with E-state index in [0.29, 0.717) is 17.3 Å². The van der Waals surface area contributed by atoms with Gasteiger partial charge in [-0.15, -0.1) is 12.4 Å². The Morgan fingerprint density at radius 2 is 1.64 bits per heavy atom. The van der Waals surface area contributed by atoms with Crippen molar-refractivity contribution in [2.45, 2.75) is 25.0 Å². The number of rotatable bonds is 7. The van der Waals surface area contributed by atoms with Gasteiger partial charge in [0.05, 0.1) is 6.10 Å². The predicted octanol–water partition coefficient (Wildman–Crippen LogP) is 4.09. The number of nitrogens with zero attached hydrogens (tertiary/aromatic N) is 1. The first kappa shape index (κ1) is 22.9. The van der Waals surface area contributed by atoms with Crippen molar-refractivity contribution in [3.8, 4) is 5.75 Å². The van der Waals surface area contributed by atoms with Gasteiger partial charge in [-0.05, 0) is 73.8 Å². The van der Waals surface area contributed by atoms with Crippen LogP contribution in [0.4, 0.5) is 4.39 Å². The summed E-state index contributed by atoms with van der Waals surface area (Å²) in [4.78, 5) is 2.18. The van der Waals surface area contributed by atoms with E-state index >= 15 is 0 Å². The first-order chi connectivity index (χ1) is 13.0. The Morgan fingerprint density at radius 1 is 1.04 bits per heavy atom. The van der Waals surface area contributed by atoms with Gasteiger partial charge >= 0.3 is 0 Å². The second-order valence-corrected chi connectivity index (χ2v) is 7.49. The Hall–Kier alpha value is -1.37. The quantitative estimate of drug-likeness (QED) is 0.695. The zero-order valence-electron chi connectivity index (χ0n) is 15.5. The van der Waals surface area contributed by atoms with Gasteiger partial charge in [0.2, 0.25) is 0 Å². The smallest absolute Gasteiger partial charge is 0.123 e. The molecule has 28 heavy (non-hydrogen) atoms. The lowest BCUT2D eigenvalue weighted by Crippen LogP contribution is -2.41. The minimum Gasteiger partial charge on any atom is -0.491 e. The van der Waals surface area contributed by atoms with Crippen molar-refractivity contribution < 1.29 is 19.3 Å². The van der Waals surface area contributed by atoms with Gasteiger partial charge in [0.1, 0.15) is 24.3 Å². The average Bonchev–Trinajstić information content (AvgIpc) is 2.68. The van der Waals surface area contributed by atoms with Crippen LogP contribution in [0.2, 0.25) is 5.02 Å². The van der Waals surface area contributed by atoms with Crippen LogP contribution < -0.4 is 4.74 Å². The molecule has 2 aromatic rings. The van der Waals surface area contributed by atoms with Crippen LogP contribution in [0.15, 0.2) is 48.5 Å². The van der Waals surface area contributed by atoms with Crippen LogP contribution in [0, 0.1) is 11.7 Å². The van der Waals surface area contributed by atoms with Crippen LogP contribution in [0.5, 0.6) is 5.75 Å². The number of β-amino-alcohol motifs (C(OH)–C–C–N with tert-alkyl or cyclic N) is 1. The van der Waals surface area contributed by atoms with Crippen LogP contribution in [0.3, 0.4) is 0 Å². The van der Waals surface area contributed by atoms with Crippen LogP contribution in [0.1, 0.15) is 24.5 Å². The highest BCUT2D eigenvalue weighted by atomic mass is 35.5. The zero-order valence-corrected chi connectivity index (χ0v) is 17.1. The van der Waals surface area contributed by atoms with E-state index in [1.54, 1.807) is 36.4 Å². The van der Waals surface area contributed by atoms with Crippen molar-refractivity contribution >= 4 is 24.0 Å². The Bertz CT molecular complexity index is 707. The molecule has 0 spiro atoms. The third-order valence-electron chi connectivity index (χ3n) is 5.02. The summed E-state index contributed by atoms with van der Waals surface area (Å²) in [5.74, 6) is 0.532. The molecule has 1 aliphatic rings. The summed E-state index contributed by atoms with van der Waals surface area (Å²) in [6, 6.07) is 13.1. The highest BCUT2D eigenvalue weighted by Crippen LogP contribution is 2.30. The molecule has 1 saturated heterocycles. The Balaban J connectivity index is 0.00000280. The molecule has 1 aliphatic heterocycles. The summed E-state index contributed by atoms with van der Waals surface area (Å²) in [6.45, 7) is 2.37. The maximum atomic E-state index is 13.0. The number of piperidine rings is 1. The highest BCUT2D eigenvalue weighted by Gasteiger charge is 2.27. The molecule has 0 bridgehead atoms. The van der Waals surface area contributed by atoms with Gasteiger partial charge < -0.3 is 19.8 Å². The normalized spacial score (nSPS) is 17.6. The number of aliphatic hydroxyl groups excluding tert-OH is 2. The molecular formula is C21H26Cl2FNO3. The van der Waals surface area contributed by atoms with E-state index in [1.165, 1.54) is 12.1 Å². The molecular weight excluding hydrogens is 404 g/mol. The Morgan fingerprint density at radius 3 is 2.25 bits per heavy atom. The summed E-state index contributed by atoms with van der Waals surface area (Å²) in [6.07, 6.45) is 0.511. The molecule has 2 N–H and O–H groups in total. The van der Waals surface area contributed by atoms with Gasteiger partial charge in [-0.1, -0.05) is 23.7 Å². The maximum absolute atomic E-state index is 13.0. The average molecular weight is 430 g/mol. The fourth-order valence-corrected chi connectivity index (χ4v) is 3.58. The summed E-state index contributed by atoms with van der Waals surface area (Å²) >= 11 is 5.84. The summed E-state index contributed by atoms with van der Waals surface area (Å²) in [7, 11) is 0. The molecule has 3 rings (SSSR count). The van der Waals surface area contributed by atoms with Gasteiger partial charge in [-0.25, -0.2) is 4.39 Å². The molecule has 7 heteroatoms. The Kier molecular flexibility index (Phi) is 8.99. The third kappa shape index (κ3) is 6.61. The molecule has 1 fully saturated rings. The fraction of sp³-hybridized carbons (Fsp3) is 0.429. The first-order valence-electron chi connectivity index (χ1n) is 9.23. The molecule has 154 valence electrons. The largest absolute Gasteiger partial charge is 0.491 e. The van der Waals surface area contributed by atoms with E-state index in [9.17, 15) is 14.6 Å². The van der Waals surface area contributed by atoms with Crippen molar-refractivity contribution in [2.24, 2.45) is 5.92 Å². The van der Waals surface area contributed by atoms with Crippen molar-refractivity contribution in [3.05, 3.63) is 64.9 Å². The van der Waals surface area contributed by atoms with Crippen molar-refractivity contribution in [2.75, 3.05) is 26.2 Å². The molecule has 0 radical (unpaired) electrons. The molecule has 2 unspecified atom stereocenters. The van der Waals surface area contributed by atoms with E-state index < -0.39 is 12.2 Å². The maximum Gasteiger partial charge on any atom is 0.123 e. The number of aliphatic hydroxyl groups is 2. The minimum absolute atomic E-state index is 0. The lowest BCUT2D eigenvalue weighted by atomic mass is 9.87. The van der Waals surface area contributed by atoms with Gasteiger partial charge in [-0.2, -0.15) is 0 Å². The minimum atomic E-state index is -0.584. The number of hydrogen-bond donors (Lipinski definition) is 2. The lowest BCUT2D eigenvalue weighted by molar-refractivity contribution is 0.0278. The molecule has 1 heterocycles. The van der Waals surface area contributed by atoms with Gasteiger partial charge in [0.15, 0.2) is 0 Å². The zero-order chi connectivity index (χ0) is 19.2. The van der Waals surface area contributed by atoms with Crippen molar-refractivity contribution in [1.82, 2.24) is 4.90 Å². The van der Waals surface area contributed by atoms with Crippen LogP contribution in [-0.4, -0.2) is 47.5 Å². The van der Waals surface area contributed by atoms with Gasteiger partial charge in [-0.3, -0.25) is 0 Å². The van der Waals surface area contributed by atoms with E-state index in [2.05, 4.69) is 4.90 Å². The SMILES string of the molecule is Cl.OC(COc1ccc(Cl)cc1)CN1CCC(C(O)c2ccc(F)cc2)CC1. The van der Waals surface area contributed by atoms with E-state index in [1.807, 2.05) is 0 Å². The van der Waals surface area contributed by atoms with Crippen molar-refractivity contribution in [3.63, 3.8) is 0 Å². The molecule has 2 atom stereocenters. The summed E-state index contributed by atoms with van der Waals surface area (Å²) < 4.78 is 18.6. The van der Waals surface area contributed by atoms with Gasteiger partial charge in [0.25, 0.3) is 0 Å². The van der Waals surface area contributed by atoms with E-state index in [-0.39, 0.29) is 30.7 Å². The topological polar surface area (TPSA) is 52.9 Å². The fourth-order valence-electron chi connectivity index (χ4n) is 3.46. The summed E-state index contributed by atoms with van der Waals surface area (Å²) in [5, 5.41) is 21.4. The molecule has 0 aliphatic carbocycles. The van der Waals surface area contributed by atoms with E-state index in [4.69, 9.17) is 16.3 Å².